The maximum Gasteiger partial charge on any atom is 0.406 e. The first kappa shape index (κ1) is 22.8. The number of halogens is 5. The Labute approximate surface area is 166 Å². The Kier molecular flexibility index (Phi) is 7.14. The molecule has 12 heteroatoms. The van der Waals surface area contributed by atoms with Gasteiger partial charge in [0.05, 0.1) is 18.6 Å². The molecular weight excluding hydrogens is 419 g/mol. The Morgan fingerprint density at radius 2 is 1.83 bits per heavy atom. The molecular formula is C18H15F5N2O5. The van der Waals surface area contributed by atoms with E-state index in [9.17, 15) is 36.9 Å². The molecule has 0 radical (unpaired) electrons. The van der Waals surface area contributed by atoms with Crippen LogP contribution < -0.4 is 9.47 Å². The summed E-state index contributed by atoms with van der Waals surface area (Å²) in [6, 6.07) is 7.95. The molecule has 0 aliphatic heterocycles. The van der Waals surface area contributed by atoms with Gasteiger partial charge in [-0.05, 0) is 18.2 Å². The minimum absolute atomic E-state index is 0.107. The molecule has 1 amide bonds. The number of ether oxygens (including phenoxy) is 2. The van der Waals surface area contributed by atoms with E-state index in [1.807, 2.05) is 0 Å². The normalized spacial score (nSPS) is 11.3. The second kappa shape index (κ2) is 9.37. The van der Waals surface area contributed by atoms with Gasteiger partial charge in [-0.3, -0.25) is 14.9 Å². The van der Waals surface area contributed by atoms with Crippen LogP contribution in [-0.2, 0) is 6.54 Å². The quantitative estimate of drug-likeness (QED) is 0.349. The van der Waals surface area contributed by atoms with E-state index >= 15 is 0 Å². The minimum atomic E-state index is -4.79. The number of para-hydroxylation sites is 1. The lowest BCUT2D eigenvalue weighted by Gasteiger charge is -2.24. The SMILES string of the molecule is COc1cc(C(=O)N(Cc2ccccc2[N+](=O)[O-])CC(F)(F)F)ccc1OC(F)F. The summed E-state index contributed by atoms with van der Waals surface area (Å²) in [5.41, 5.74) is -0.864. The van der Waals surface area contributed by atoms with Crippen LogP contribution in [0, 0.1) is 10.1 Å². The number of benzene rings is 2. The zero-order valence-corrected chi connectivity index (χ0v) is 15.4. The summed E-state index contributed by atoms with van der Waals surface area (Å²) in [5.74, 6) is -1.84. The summed E-state index contributed by atoms with van der Waals surface area (Å²) < 4.78 is 73.0. The number of nitro benzene ring substituents is 1. The summed E-state index contributed by atoms with van der Waals surface area (Å²) in [6.07, 6.45) is -4.79. The van der Waals surface area contributed by atoms with Crippen LogP contribution in [0.3, 0.4) is 0 Å². The van der Waals surface area contributed by atoms with Crippen molar-refractivity contribution in [1.82, 2.24) is 4.90 Å². The lowest BCUT2D eigenvalue weighted by Crippen LogP contribution is -2.38. The molecule has 0 fully saturated rings. The van der Waals surface area contributed by atoms with Gasteiger partial charge in [0.2, 0.25) is 0 Å². The van der Waals surface area contributed by atoms with Crippen molar-refractivity contribution in [3.05, 3.63) is 63.7 Å². The van der Waals surface area contributed by atoms with Gasteiger partial charge in [0.15, 0.2) is 11.5 Å². The minimum Gasteiger partial charge on any atom is -0.493 e. The molecule has 0 unspecified atom stereocenters. The van der Waals surface area contributed by atoms with Gasteiger partial charge in [-0.1, -0.05) is 18.2 Å². The fraction of sp³-hybridized carbons (Fsp3) is 0.278. The molecule has 2 aromatic rings. The second-order valence-corrected chi connectivity index (χ2v) is 5.91. The van der Waals surface area contributed by atoms with Crippen molar-refractivity contribution in [2.45, 2.75) is 19.3 Å². The van der Waals surface area contributed by atoms with E-state index in [0.29, 0.717) is 4.90 Å². The van der Waals surface area contributed by atoms with Crippen LogP contribution in [-0.4, -0.2) is 42.2 Å². The topological polar surface area (TPSA) is 81.9 Å². The Bertz CT molecular complexity index is 920. The predicted molar refractivity (Wildman–Crippen MR) is 93.5 cm³/mol. The summed E-state index contributed by atoms with van der Waals surface area (Å²) in [5, 5.41) is 11.1. The van der Waals surface area contributed by atoms with Gasteiger partial charge >= 0.3 is 12.8 Å². The Balaban J connectivity index is 2.40. The standard InChI is InChI=1S/C18H15F5N2O5/c1-29-15-8-11(6-7-14(15)30-17(19)20)16(26)24(10-18(21,22)23)9-12-4-2-3-5-13(12)25(27)28/h2-8,17H,9-10H2,1H3. The Hall–Kier alpha value is -3.44. The molecule has 0 saturated heterocycles. The van der Waals surface area contributed by atoms with Crippen LogP contribution in [0.2, 0.25) is 0 Å². The van der Waals surface area contributed by atoms with Crippen molar-refractivity contribution < 1.29 is 41.1 Å². The van der Waals surface area contributed by atoms with Crippen LogP contribution in [0.5, 0.6) is 11.5 Å². The molecule has 0 aliphatic rings. The van der Waals surface area contributed by atoms with Crippen molar-refractivity contribution >= 4 is 11.6 Å². The van der Waals surface area contributed by atoms with E-state index in [1.165, 1.54) is 18.2 Å². The van der Waals surface area contributed by atoms with Crippen molar-refractivity contribution in [3.8, 4) is 11.5 Å². The third-order valence-corrected chi connectivity index (χ3v) is 3.83. The van der Waals surface area contributed by atoms with Crippen molar-refractivity contribution in [1.29, 1.82) is 0 Å². The molecule has 0 aliphatic carbocycles. The van der Waals surface area contributed by atoms with Crippen molar-refractivity contribution in [2.75, 3.05) is 13.7 Å². The molecule has 0 atom stereocenters. The Morgan fingerprint density at radius 1 is 1.17 bits per heavy atom. The van der Waals surface area contributed by atoms with Crippen LogP contribution in [0.25, 0.3) is 0 Å². The maximum atomic E-state index is 13.0. The fourth-order valence-corrected chi connectivity index (χ4v) is 2.62. The van der Waals surface area contributed by atoms with Crippen LogP contribution >= 0.6 is 0 Å². The average molecular weight is 434 g/mol. The number of nitro groups is 1. The molecule has 0 heterocycles. The zero-order valence-electron chi connectivity index (χ0n) is 15.4. The number of amides is 1. The van der Waals surface area contributed by atoms with Gasteiger partial charge in [0.1, 0.15) is 6.54 Å². The smallest absolute Gasteiger partial charge is 0.406 e. The van der Waals surface area contributed by atoms with Crippen LogP contribution in [0.4, 0.5) is 27.6 Å². The summed E-state index contributed by atoms with van der Waals surface area (Å²) in [6.45, 7) is -5.57. The van der Waals surface area contributed by atoms with Crippen LogP contribution in [0.1, 0.15) is 15.9 Å². The molecule has 162 valence electrons. The van der Waals surface area contributed by atoms with E-state index < -0.39 is 48.1 Å². The molecule has 0 saturated carbocycles. The van der Waals surface area contributed by atoms with E-state index in [0.717, 1.165) is 31.4 Å². The first-order chi connectivity index (χ1) is 14.0. The van der Waals surface area contributed by atoms with E-state index in [2.05, 4.69) is 4.74 Å². The highest BCUT2D eigenvalue weighted by Gasteiger charge is 2.34. The predicted octanol–water partition coefficient (Wildman–Crippen LogP) is 4.41. The van der Waals surface area contributed by atoms with E-state index in [1.54, 1.807) is 0 Å². The first-order valence-corrected chi connectivity index (χ1v) is 8.23. The molecule has 0 N–H and O–H groups in total. The lowest BCUT2D eigenvalue weighted by atomic mass is 10.1. The summed E-state index contributed by atoms with van der Waals surface area (Å²) >= 11 is 0. The largest absolute Gasteiger partial charge is 0.493 e. The lowest BCUT2D eigenvalue weighted by molar-refractivity contribution is -0.385. The number of carbonyl (C=O) groups is 1. The first-order valence-electron chi connectivity index (χ1n) is 8.23. The number of rotatable bonds is 8. The number of alkyl halides is 5. The van der Waals surface area contributed by atoms with Crippen molar-refractivity contribution in [2.24, 2.45) is 0 Å². The fourth-order valence-electron chi connectivity index (χ4n) is 2.62. The average Bonchev–Trinajstić information content (AvgIpc) is 2.66. The molecule has 7 nitrogen and oxygen atoms in total. The van der Waals surface area contributed by atoms with E-state index in [-0.39, 0.29) is 16.9 Å². The number of hydrogen-bond donors (Lipinski definition) is 0. The molecule has 0 aromatic heterocycles. The number of hydrogen-bond acceptors (Lipinski definition) is 5. The number of carbonyl (C=O) groups excluding carboxylic acids is 1. The van der Waals surface area contributed by atoms with Gasteiger partial charge < -0.3 is 14.4 Å². The highest BCUT2D eigenvalue weighted by molar-refractivity contribution is 5.95. The van der Waals surface area contributed by atoms with Crippen LogP contribution in [0.15, 0.2) is 42.5 Å². The van der Waals surface area contributed by atoms with Crippen molar-refractivity contribution in [3.63, 3.8) is 0 Å². The second-order valence-electron chi connectivity index (χ2n) is 5.91. The molecule has 2 aromatic carbocycles. The molecule has 30 heavy (non-hydrogen) atoms. The van der Waals surface area contributed by atoms with Gasteiger partial charge in [-0.25, -0.2) is 0 Å². The highest BCUT2D eigenvalue weighted by Crippen LogP contribution is 2.31. The summed E-state index contributed by atoms with van der Waals surface area (Å²) in [7, 11) is 1.10. The number of nitrogens with zero attached hydrogens (tertiary/aromatic N) is 2. The third kappa shape index (κ3) is 6.03. The molecule has 0 bridgehead atoms. The van der Waals surface area contributed by atoms with Gasteiger partial charge in [0.25, 0.3) is 11.6 Å². The number of methoxy groups -OCH3 is 1. The zero-order chi connectivity index (χ0) is 22.5. The Morgan fingerprint density at radius 3 is 2.40 bits per heavy atom. The van der Waals surface area contributed by atoms with E-state index in [4.69, 9.17) is 4.74 Å². The van der Waals surface area contributed by atoms with Gasteiger partial charge in [-0.15, -0.1) is 0 Å². The molecule has 2 rings (SSSR count). The van der Waals surface area contributed by atoms with Gasteiger partial charge in [-0.2, -0.15) is 22.0 Å². The van der Waals surface area contributed by atoms with Gasteiger partial charge in [0, 0.05) is 17.2 Å². The summed E-state index contributed by atoms with van der Waals surface area (Å²) in [4.78, 5) is 23.4. The molecule has 0 spiro atoms. The monoisotopic (exact) mass is 434 g/mol. The maximum absolute atomic E-state index is 13.0. The highest BCUT2D eigenvalue weighted by atomic mass is 19.4. The third-order valence-electron chi connectivity index (χ3n) is 3.83.